The van der Waals surface area contributed by atoms with E-state index in [0.717, 1.165) is 49.0 Å². The predicted molar refractivity (Wildman–Crippen MR) is 96.3 cm³/mol. The summed E-state index contributed by atoms with van der Waals surface area (Å²) < 4.78 is 5.43. The van der Waals surface area contributed by atoms with Crippen molar-refractivity contribution in [3.05, 3.63) is 45.3 Å². The topological polar surface area (TPSA) is 53.7 Å². The average Bonchev–Trinajstić information content (AvgIpc) is 2.48. The molecule has 2 aromatic rings. The minimum Gasteiger partial charge on any atom is -0.422 e. The third-order valence-corrected chi connectivity index (χ3v) is 5.24. The van der Waals surface area contributed by atoms with E-state index in [1.165, 1.54) is 5.56 Å². The molecule has 1 saturated heterocycles. The molecule has 1 aromatic carbocycles. The second kappa shape index (κ2) is 6.34. The summed E-state index contributed by atoms with van der Waals surface area (Å²) in [6.07, 6.45) is 1.97. The highest BCUT2D eigenvalue weighted by Gasteiger charge is 2.30. The number of hydrogen-bond donors (Lipinski definition) is 1. The van der Waals surface area contributed by atoms with Crippen molar-refractivity contribution >= 4 is 11.0 Å². The Morgan fingerprint density at radius 3 is 2.50 bits per heavy atom. The zero-order chi connectivity index (χ0) is 17.5. The van der Waals surface area contributed by atoms with Gasteiger partial charge in [0, 0.05) is 18.0 Å². The maximum Gasteiger partial charge on any atom is 0.336 e. The quantitative estimate of drug-likeness (QED) is 0.877. The maximum atomic E-state index is 11.9. The van der Waals surface area contributed by atoms with Crippen LogP contribution in [0.2, 0.25) is 0 Å². The molecular weight excluding hydrogens is 302 g/mol. The molecule has 0 unspecified atom stereocenters. The van der Waals surface area contributed by atoms with Crippen molar-refractivity contribution < 1.29 is 9.52 Å². The van der Waals surface area contributed by atoms with Crippen molar-refractivity contribution in [1.29, 1.82) is 0 Å². The summed E-state index contributed by atoms with van der Waals surface area (Å²) in [5, 5.41) is 11.2. The Labute approximate surface area is 143 Å². The lowest BCUT2D eigenvalue weighted by Gasteiger charge is -2.37. The molecule has 1 aromatic heterocycles. The number of nitrogens with zero attached hydrogens (tertiary/aromatic N) is 1. The van der Waals surface area contributed by atoms with Crippen LogP contribution in [0.1, 0.15) is 43.4 Å². The molecule has 0 bridgehead atoms. The van der Waals surface area contributed by atoms with Crippen molar-refractivity contribution in [3.63, 3.8) is 0 Å². The second-order valence-corrected chi connectivity index (χ2v) is 7.75. The van der Waals surface area contributed by atoms with Crippen LogP contribution in [-0.4, -0.2) is 28.7 Å². The van der Waals surface area contributed by atoms with Crippen LogP contribution < -0.4 is 5.63 Å². The molecule has 0 aliphatic carbocycles. The van der Waals surface area contributed by atoms with Crippen LogP contribution in [0.3, 0.4) is 0 Å². The Morgan fingerprint density at radius 1 is 1.21 bits per heavy atom. The number of benzene rings is 1. The molecule has 1 aliphatic heterocycles. The first kappa shape index (κ1) is 17.2. The summed E-state index contributed by atoms with van der Waals surface area (Å²) in [6.45, 7) is 10.5. The molecule has 4 heteroatoms. The molecule has 0 radical (unpaired) electrons. The van der Waals surface area contributed by atoms with E-state index >= 15 is 0 Å². The SMILES string of the molecule is Cc1cc(C)c2oc(=O)cc(CN3CCC(C(C)(C)O)CC3)c2c1. The van der Waals surface area contributed by atoms with E-state index in [1.807, 2.05) is 26.8 Å². The van der Waals surface area contributed by atoms with Gasteiger partial charge in [-0.25, -0.2) is 4.79 Å². The molecule has 1 N–H and O–H groups in total. The molecule has 0 amide bonds. The fourth-order valence-electron chi connectivity index (χ4n) is 3.85. The van der Waals surface area contributed by atoms with E-state index in [-0.39, 0.29) is 5.63 Å². The smallest absolute Gasteiger partial charge is 0.336 e. The minimum absolute atomic E-state index is 0.282. The maximum absolute atomic E-state index is 11.9. The van der Waals surface area contributed by atoms with Gasteiger partial charge in [0.25, 0.3) is 0 Å². The van der Waals surface area contributed by atoms with E-state index in [4.69, 9.17) is 4.42 Å². The normalized spacial score (nSPS) is 17.5. The van der Waals surface area contributed by atoms with Crippen molar-refractivity contribution in [3.8, 4) is 0 Å². The van der Waals surface area contributed by atoms with Crippen molar-refractivity contribution in [1.82, 2.24) is 4.90 Å². The number of rotatable bonds is 3. The summed E-state index contributed by atoms with van der Waals surface area (Å²) in [6, 6.07) is 5.78. The van der Waals surface area contributed by atoms with Gasteiger partial charge in [0.1, 0.15) is 5.58 Å². The molecule has 0 atom stereocenters. The highest BCUT2D eigenvalue weighted by molar-refractivity contribution is 5.83. The van der Waals surface area contributed by atoms with Gasteiger partial charge in [-0.15, -0.1) is 0 Å². The van der Waals surface area contributed by atoms with Crippen molar-refractivity contribution in [2.45, 2.75) is 52.7 Å². The van der Waals surface area contributed by atoms with Gasteiger partial charge >= 0.3 is 5.63 Å². The van der Waals surface area contributed by atoms with Crippen LogP contribution in [-0.2, 0) is 6.54 Å². The summed E-state index contributed by atoms with van der Waals surface area (Å²) in [5.74, 6) is 0.343. The Morgan fingerprint density at radius 2 is 1.88 bits per heavy atom. The van der Waals surface area contributed by atoms with Crippen LogP contribution >= 0.6 is 0 Å². The average molecular weight is 329 g/mol. The van der Waals surface area contributed by atoms with Crippen LogP contribution in [0.15, 0.2) is 27.4 Å². The van der Waals surface area contributed by atoms with Gasteiger partial charge in [-0.1, -0.05) is 6.07 Å². The van der Waals surface area contributed by atoms with Crippen molar-refractivity contribution in [2.24, 2.45) is 5.92 Å². The van der Waals surface area contributed by atoms with E-state index in [1.54, 1.807) is 6.07 Å². The monoisotopic (exact) mass is 329 g/mol. The molecule has 1 fully saturated rings. The van der Waals surface area contributed by atoms with Gasteiger partial charge in [-0.2, -0.15) is 0 Å². The fourth-order valence-corrected chi connectivity index (χ4v) is 3.85. The molecule has 1 aliphatic rings. The fraction of sp³-hybridized carbons (Fsp3) is 0.550. The number of likely N-dealkylation sites (tertiary alicyclic amines) is 1. The lowest BCUT2D eigenvalue weighted by atomic mass is 9.83. The first-order chi connectivity index (χ1) is 11.2. The minimum atomic E-state index is -0.610. The Kier molecular flexibility index (Phi) is 4.54. The number of aliphatic hydroxyl groups is 1. The molecule has 3 rings (SSSR count). The van der Waals surface area contributed by atoms with E-state index in [0.29, 0.717) is 11.5 Å². The third-order valence-electron chi connectivity index (χ3n) is 5.24. The Bertz CT molecular complexity index is 793. The Balaban J connectivity index is 1.85. The summed E-state index contributed by atoms with van der Waals surface area (Å²) in [5.41, 5.74) is 3.03. The van der Waals surface area contributed by atoms with Crippen LogP contribution in [0.5, 0.6) is 0 Å². The van der Waals surface area contributed by atoms with Gasteiger partial charge in [-0.05, 0) is 82.3 Å². The zero-order valence-corrected chi connectivity index (χ0v) is 15.1. The molecule has 4 nitrogen and oxygen atoms in total. The van der Waals surface area contributed by atoms with E-state index in [9.17, 15) is 9.90 Å². The number of hydrogen-bond acceptors (Lipinski definition) is 4. The number of piperidine rings is 1. The van der Waals surface area contributed by atoms with Gasteiger partial charge in [-0.3, -0.25) is 4.90 Å². The molecule has 130 valence electrons. The predicted octanol–water partition coefficient (Wildman–Crippen LogP) is 3.39. The van der Waals surface area contributed by atoms with Crippen LogP contribution in [0, 0.1) is 19.8 Å². The second-order valence-electron chi connectivity index (χ2n) is 7.75. The number of aryl methyl sites for hydroxylation is 2. The highest BCUT2D eigenvalue weighted by Crippen LogP contribution is 2.29. The largest absolute Gasteiger partial charge is 0.422 e. The lowest BCUT2D eigenvalue weighted by molar-refractivity contribution is -0.0135. The van der Waals surface area contributed by atoms with Crippen molar-refractivity contribution in [2.75, 3.05) is 13.1 Å². The zero-order valence-electron chi connectivity index (χ0n) is 15.1. The van der Waals surface area contributed by atoms with Crippen LogP contribution in [0.4, 0.5) is 0 Å². The summed E-state index contributed by atoms with van der Waals surface area (Å²) in [4.78, 5) is 14.3. The molecule has 0 spiro atoms. The summed E-state index contributed by atoms with van der Waals surface area (Å²) >= 11 is 0. The first-order valence-corrected chi connectivity index (χ1v) is 8.73. The van der Waals surface area contributed by atoms with Gasteiger partial charge in [0.15, 0.2) is 0 Å². The molecule has 0 saturated carbocycles. The van der Waals surface area contributed by atoms with Crippen LogP contribution in [0.25, 0.3) is 11.0 Å². The number of fused-ring (bicyclic) bond motifs is 1. The van der Waals surface area contributed by atoms with Gasteiger partial charge in [0.05, 0.1) is 5.60 Å². The Hall–Kier alpha value is -1.65. The van der Waals surface area contributed by atoms with E-state index < -0.39 is 5.60 Å². The van der Waals surface area contributed by atoms with Gasteiger partial charge in [0.2, 0.25) is 0 Å². The molecule has 24 heavy (non-hydrogen) atoms. The standard InChI is InChI=1S/C20H27NO3/c1-13-9-14(2)19-17(10-13)15(11-18(22)24-19)12-21-7-5-16(6-8-21)20(3,4)23/h9-11,16,23H,5-8,12H2,1-4H3. The lowest BCUT2D eigenvalue weighted by Crippen LogP contribution is -2.41. The highest BCUT2D eigenvalue weighted by atomic mass is 16.4. The third kappa shape index (κ3) is 3.55. The molecule has 2 heterocycles. The molecular formula is C20H27NO3. The van der Waals surface area contributed by atoms with E-state index in [2.05, 4.69) is 17.9 Å². The summed E-state index contributed by atoms with van der Waals surface area (Å²) in [7, 11) is 0. The first-order valence-electron chi connectivity index (χ1n) is 8.73. The van der Waals surface area contributed by atoms with Gasteiger partial charge < -0.3 is 9.52 Å².